The standard InChI is InChI=1S/C12H13ClFN3/c1-7(2)11-15-16-12(13)17(11)10-6-4-5-9(14)8(10)3/h4-7H,1-3H3. The Morgan fingerprint density at radius 1 is 1.29 bits per heavy atom. The summed E-state index contributed by atoms with van der Waals surface area (Å²) in [6.45, 7) is 5.70. The van der Waals surface area contributed by atoms with E-state index in [0.717, 1.165) is 5.82 Å². The maximum Gasteiger partial charge on any atom is 0.229 e. The number of benzene rings is 1. The lowest BCUT2D eigenvalue weighted by molar-refractivity contribution is 0.615. The minimum atomic E-state index is -0.262. The molecule has 0 radical (unpaired) electrons. The van der Waals surface area contributed by atoms with Gasteiger partial charge in [0.25, 0.3) is 0 Å². The van der Waals surface area contributed by atoms with Crippen molar-refractivity contribution in [2.75, 3.05) is 0 Å². The van der Waals surface area contributed by atoms with Crippen molar-refractivity contribution in [3.63, 3.8) is 0 Å². The SMILES string of the molecule is Cc1c(F)cccc1-n1c(Cl)nnc1C(C)C. The first-order valence-electron chi connectivity index (χ1n) is 5.38. The van der Waals surface area contributed by atoms with Crippen LogP contribution in [0.3, 0.4) is 0 Å². The Hall–Kier alpha value is -1.42. The summed E-state index contributed by atoms with van der Waals surface area (Å²) in [5, 5.41) is 8.11. The molecule has 0 aliphatic heterocycles. The number of hydrogen-bond acceptors (Lipinski definition) is 2. The van der Waals surface area contributed by atoms with Crippen LogP contribution in [-0.4, -0.2) is 14.8 Å². The second-order valence-electron chi connectivity index (χ2n) is 4.20. The lowest BCUT2D eigenvalue weighted by atomic mass is 10.1. The van der Waals surface area contributed by atoms with Gasteiger partial charge in [-0.05, 0) is 30.7 Å². The quantitative estimate of drug-likeness (QED) is 0.820. The number of rotatable bonds is 2. The van der Waals surface area contributed by atoms with Crippen LogP contribution < -0.4 is 0 Å². The third kappa shape index (κ3) is 2.05. The first-order valence-corrected chi connectivity index (χ1v) is 5.76. The molecule has 2 rings (SSSR count). The van der Waals surface area contributed by atoms with E-state index in [-0.39, 0.29) is 17.0 Å². The van der Waals surface area contributed by atoms with Crippen molar-refractivity contribution in [1.29, 1.82) is 0 Å². The third-order valence-corrected chi connectivity index (χ3v) is 2.89. The zero-order valence-electron chi connectivity index (χ0n) is 9.91. The molecule has 2 aromatic rings. The summed E-state index contributed by atoms with van der Waals surface area (Å²) < 4.78 is 15.2. The van der Waals surface area contributed by atoms with Gasteiger partial charge in [0.1, 0.15) is 11.6 Å². The molecule has 0 aliphatic rings. The van der Waals surface area contributed by atoms with E-state index in [9.17, 15) is 4.39 Å². The molecular weight excluding hydrogens is 241 g/mol. The first kappa shape index (κ1) is 12.0. The maximum absolute atomic E-state index is 13.5. The average Bonchev–Trinajstić information content (AvgIpc) is 2.65. The molecule has 5 heteroatoms. The lowest BCUT2D eigenvalue weighted by Crippen LogP contribution is -2.05. The smallest absolute Gasteiger partial charge is 0.229 e. The monoisotopic (exact) mass is 253 g/mol. The third-order valence-electron chi connectivity index (χ3n) is 2.64. The van der Waals surface area contributed by atoms with Gasteiger partial charge in [-0.15, -0.1) is 10.2 Å². The number of hydrogen-bond donors (Lipinski definition) is 0. The Morgan fingerprint density at radius 2 is 2.00 bits per heavy atom. The summed E-state index contributed by atoms with van der Waals surface area (Å²) in [5.74, 6) is 0.628. The van der Waals surface area contributed by atoms with Gasteiger partial charge in [0.05, 0.1) is 5.69 Å². The zero-order chi connectivity index (χ0) is 12.6. The van der Waals surface area contributed by atoms with E-state index in [1.165, 1.54) is 6.07 Å². The van der Waals surface area contributed by atoms with Crippen LogP contribution >= 0.6 is 11.6 Å². The van der Waals surface area contributed by atoms with E-state index >= 15 is 0 Å². The highest BCUT2D eigenvalue weighted by Crippen LogP contribution is 2.25. The van der Waals surface area contributed by atoms with Gasteiger partial charge in [0.2, 0.25) is 5.28 Å². The minimum absolute atomic E-state index is 0.165. The van der Waals surface area contributed by atoms with E-state index in [1.54, 1.807) is 23.6 Å². The molecule has 1 aromatic heterocycles. The number of nitrogens with zero attached hydrogens (tertiary/aromatic N) is 3. The van der Waals surface area contributed by atoms with Crippen LogP contribution in [0.4, 0.5) is 4.39 Å². The molecule has 0 fully saturated rings. The van der Waals surface area contributed by atoms with Gasteiger partial charge < -0.3 is 0 Å². The molecule has 1 heterocycles. The Kier molecular flexibility index (Phi) is 3.15. The van der Waals surface area contributed by atoms with Gasteiger partial charge in [-0.2, -0.15) is 0 Å². The van der Waals surface area contributed by atoms with Crippen molar-refractivity contribution in [1.82, 2.24) is 14.8 Å². The molecule has 0 spiro atoms. The molecule has 0 atom stereocenters. The first-order chi connectivity index (χ1) is 8.02. The molecule has 0 amide bonds. The van der Waals surface area contributed by atoms with Crippen molar-refractivity contribution in [2.45, 2.75) is 26.7 Å². The molecule has 0 aliphatic carbocycles. The van der Waals surface area contributed by atoms with Gasteiger partial charge in [-0.1, -0.05) is 19.9 Å². The van der Waals surface area contributed by atoms with Gasteiger partial charge >= 0.3 is 0 Å². The van der Waals surface area contributed by atoms with Gasteiger partial charge in [0, 0.05) is 11.5 Å². The Labute approximate surface area is 104 Å². The summed E-state index contributed by atoms with van der Waals surface area (Å²) in [6.07, 6.45) is 0. The van der Waals surface area contributed by atoms with E-state index in [1.807, 2.05) is 13.8 Å². The van der Waals surface area contributed by atoms with Crippen LogP contribution in [0.1, 0.15) is 31.2 Å². The second-order valence-corrected chi connectivity index (χ2v) is 4.54. The van der Waals surface area contributed by atoms with Gasteiger partial charge in [-0.3, -0.25) is 4.57 Å². The van der Waals surface area contributed by atoms with Gasteiger partial charge in [0.15, 0.2) is 0 Å². The van der Waals surface area contributed by atoms with Crippen molar-refractivity contribution in [3.05, 3.63) is 40.7 Å². The molecule has 0 N–H and O–H groups in total. The summed E-state index contributed by atoms with van der Waals surface area (Å²) in [7, 11) is 0. The fourth-order valence-corrected chi connectivity index (χ4v) is 1.93. The molecule has 0 bridgehead atoms. The van der Waals surface area contributed by atoms with Crippen LogP contribution in [0.25, 0.3) is 5.69 Å². The maximum atomic E-state index is 13.5. The van der Waals surface area contributed by atoms with E-state index < -0.39 is 0 Å². The minimum Gasteiger partial charge on any atom is -0.269 e. The Bertz CT molecular complexity index is 549. The highest BCUT2D eigenvalue weighted by Gasteiger charge is 2.17. The molecule has 0 unspecified atom stereocenters. The Balaban J connectivity index is 2.68. The largest absolute Gasteiger partial charge is 0.269 e. The van der Waals surface area contributed by atoms with Crippen molar-refractivity contribution >= 4 is 11.6 Å². The fourth-order valence-electron chi connectivity index (χ4n) is 1.71. The van der Waals surface area contributed by atoms with Crippen LogP contribution in [0.5, 0.6) is 0 Å². The number of halogens is 2. The van der Waals surface area contributed by atoms with E-state index in [4.69, 9.17) is 11.6 Å². The summed E-state index contributed by atoms with van der Waals surface area (Å²) >= 11 is 6.01. The summed E-state index contributed by atoms with van der Waals surface area (Å²) in [5.41, 5.74) is 1.22. The molecule has 90 valence electrons. The van der Waals surface area contributed by atoms with Crippen molar-refractivity contribution in [2.24, 2.45) is 0 Å². The highest BCUT2D eigenvalue weighted by atomic mass is 35.5. The molecule has 1 aromatic carbocycles. The molecule has 3 nitrogen and oxygen atoms in total. The fraction of sp³-hybridized carbons (Fsp3) is 0.333. The zero-order valence-corrected chi connectivity index (χ0v) is 10.7. The molecular formula is C12H13ClFN3. The normalized spacial score (nSPS) is 11.2. The average molecular weight is 254 g/mol. The van der Waals surface area contributed by atoms with Crippen LogP contribution in [-0.2, 0) is 0 Å². The molecule has 0 saturated heterocycles. The second kappa shape index (κ2) is 4.45. The van der Waals surface area contributed by atoms with Crippen molar-refractivity contribution < 1.29 is 4.39 Å². The van der Waals surface area contributed by atoms with E-state index in [2.05, 4.69) is 10.2 Å². The lowest BCUT2D eigenvalue weighted by Gasteiger charge is -2.12. The molecule has 0 saturated carbocycles. The van der Waals surface area contributed by atoms with E-state index in [0.29, 0.717) is 11.3 Å². The summed E-state index contributed by atoms with van der Waals surface area (Å²) in [6, 6.07) is 4.88. The highest BCUT2D eigenvalue weighted by molar-refractivity contribution is 6.28. The number of aromatic nitrogens is 3. The van der Waals surface area contributed by atoms with Crippen LogP contribution in [0.2, 0.25) is 5.28 Å². The van der Waals surface area contributed by atoms with Gasteiger partial charge in [-0.25, -0.2) is 4.39 Å². The topological polar surface area (TPSA) is 30.7 Å². The predicted octanol–water partition coefficient (Wildman–Crippen LogP) is 3.49. The van der Waals surface area contributed by atoms with Crippen LogP contribution in [0.15, 0.2) is 18.2 Å². The predicted molar refractivity (Wildman–Crippen MR) is 65.2 cm³/mol. The summed E-state index contributed by atoms with van der Waals surface area (Å²) in [4.78, 5) is 0. The Morgan fingerprint density at radius 3 is 2.65 bits per heavy atom. The molecule has 17 heavy (non-hydrogen) atoms. The van der Waals surface area contributed by atoms with Crippen molar-refractivity contribution in [3.8, 4) is 5.69 Å². The van der Waals surface area contributed by atoms with Crippen LogP contribution in [0, 0.1) is 12.7 Å².